The van der Waals surface area contributed by atoms with Gasteiger partial charge in [-0.25, -0.2) is 0 Å². The number of carbonyl (C=O) groups is 2. The zero-order chi connectivity index (χ0) is 10.8. The Morgan fingerprint density at radius 2 is 1.87 bits per heavy atom. The summed E-state index contributed by atoms with van der Waals surface area (Å²) in [4.78, 5) is 22.1. The van der Waals surface area contributed by atoms with Crippen LogP contribution in [0.4, 0.5) is 5.69 Å². The minimum absolute atomic E-state index is 0.200. The number of carboxylic acids is 1. The van der Waals surface area contributed by atoms with Crippen molar-refractivity contribution in [2.75, 3.05) is 5.32 Å². The number of anilines is 1. The average molecular weight is 205 g/mol. The van der Waals surface area contributed by atoms with Crippen LogP contribution in [-0.2, 0) is 9.59 Å². The van der Waals surface area contributed by atoms with Crippen LogP contribution in [0.1, 0.15) is 6.42 Å². The molecule has 1 saturated carbocycles. The molecule has 1 aromatic carbocycles. The van der Waals surface area contributed by atoms with Gasteiger partial charge in [-0.1, -0.05) is 18.2 Å². The van der Waals surface area contributed by atoms with E-state index in [2.05, 4.69) is 5.32 Å². The van der Waals surface area contributed by atoms with Gasteiger partial charge in [-0.05, 0) is 18.6 Å². The second-order valence-corrected chi connectivity index (χ2v) is 3.64. The smallest absolute Gasteiger partial charge is 0.307 e. The quantitative estimate of drug-likeness (QED) is 0.782. The molecule has 0 unspecified atom stereocenters. The Labute approximate surface area is 86.9 Å². The molecule has 15 heavy (non-hydrogen) atoms. The Morgan fingerprint density at radius 3 is 2.40 bits per heavy atom. The molecule has 1 aliphatic rings. The van der Waals surface area contributed by atoms with Crippen LogP contribution in [0.15, 0.2) is 30.3 Å². The molecule has 0 saturated heterocycles. The van der Waals surface area contributed by atoms with Crippen LogP contribution in [0, 0.1) is 11.8 Å². The SMILES string of the molecule is O=C(Nc1ccccc1)[C@H]1C[C@H]1C(=O)O. The van der Waals surface area contributed by atoms with Crippen molar-refractivity contribution >= 4 is 17.6 Å². The molecule has 0 spiro atoms. The summed E-state index contributed by atoms with van der Waals surface area (Å²) in [5.74, 6) is -1.94. The molecule has 1 fully saturated rings. The number of carbonyl (C=O) groups excluding carboxylic acids is 1. The molecule has 0 heterocycles. The number of hydrogen-bond acceptors (Lipinski definition) is 2. The monoisotopic (exact) mass is 205 g/mol. The minimum atomic E-state index is -0.886. The molecule has 0 bridgehead atoms. The van der Waals surface area contributed by atoms with E-state index in [9.17, 15) is 9.59 Å². The Bertz CT molecular complexity index is 388. The highest BCUT2D eigenvalue weighted by molar-refractivity contribution is 5.98. The molecule has 0 radical (unpaired) electrons. The first-order valence-electron chi connectivity index (χ1n) is 4.77. The zero-order valence-corrected chi connectivity index (χ0v) is 8.01. The highest BCUT2D eigenvalue weighted by Gasteiger charge is 2.48. The molecule has 0 aliphatic heterocycles. The van der Waals surface area contributed by atoms with Gasteiger partial charge in [0, 0.05) is 5.69 Å². The van der Waals surface area contributed by atoms with Gasteiger partial charge in [-0.3, -0.25) is 9.59 Å². The van der Waals surface area contributed by atoms with E-state index in [1.54, 1.807) is 12.1 Å². The maximum atomic E-state index is 11.5. The third-order valence-electron chi connectivity index (χ3n) is 2.49. The van der Waals surface area contributed by atoms with Crippen molar-refractivity contribution in [1.82, 2.24) is 0 Å². The molecule has 0 aromatic heterocycles. The van der Waals surface area contributed by atoms with Gasteiger partial charge in [0.05, 0.1) is 11.8 Å². The van der Waals surface area contributed by atoms with E-state index in [4.69, 9.17) is 5.11 Å². The van der Waals surface area contributed by atoms with E-state index < -0.39 is 11.9 Å². The number of benzene rings is 1. The van der Waals surface area contributed by atoms with Crippen LogP contribution in [0.3, 0.4) is 0 Å². The summed E-state index contributed by atoms with van der Waals surface area (Å²) < 4.78 is 0. The van der Waals surface area contributed by atoms with Crippen molar-refractivity contribution in [3.8, 4) is 0 Å². The summed E-state index contributed by atoms with van der Waals surface area (Å²) in [6.45, 7) is 0. The molecule has 2 rings (SSSR count). The number of nitrogens with one attached hydrogen (secondary N) is 1. The molecule has 4 heteroatoms. The summed E-state index contributed by atoms with van der Waals surface area (Å²) in [5.41, 5.74) is 0.707. The van der Waals surface area contributed by atoms with Gasteiger partial charge in [-0.15, -0.1) is 0 Å². The van der Waals surface area contributed by atoms with Crippen molar-refractivity contribution in [3.05, 3.63) is 30.3 Å². The summed E-state index contributed by atoms with van der Waals surface area (Å²) in [6, 6.07) is 9.04. The van der Waals surface area contributed by atoms with Crippen LogP contribution in [0.2, 0.25) is 0 Å². The van der Waals surface area contributed by atoms with E-state index in [0.29, 0.717) is 12.1 Å². The molecule has 78 valence electrons. The van der Waals surface area contributed by atoms with E-state index in [0.717, 1.165) is 0 Å². The van der Waals surface area contributed by atoms with Gasteiger partial charge < -0.3 is 10.4 Å². The van der Waals surface area contributed by atoms with Crippen LogP contribution in [0.5, 0.6) is 0 Å². The highest BCUT2D eigenvalue weighted by Crippen LogP contribution is 2.39. The fourth-order valence-corrected chi connectivity index (χ4v) is 1.51. The van der Waals surface area contributed by atoms with Crippen LogP contribution < -0.4 is 5.32 Å². The number of rotatable bonds is 3. The summed E-state index contributed by atoms with van der Waals surface area (Å²) in [7, 11) is 0. The number of para-hydroxylation sites is 1. The zero-order valence-electron chi connectivity index (χ0n) is 8.01. The average Bonchev–Trinajstić information content (AvgIpc) is 2.98. The molecular formula is C11H11NO3. The third kappa shape index (κ3) is 2.15. The summed E-state index contributed by atoms with van der Waals surface area (Å²) in [5, 5.41) is 11.3. The van der Waals surface area contributed by atoms with Crippen molar-refractivity contribution in [1.29, 1.82) is 0 Å². The van der Waals surface area contributed by atoms with Gasteiger partial charge in [0.15, 0.2) is 0 Å². The predicted molar refractivity (Wildman–Crippen MR) is 54.3 cm³/mol. The van der Waals surface area contributed by atoms with Crippen molar-refractivity contribution in [3.63, 3.8) is 0 Å². The highest BCUT2D eigenvalue weighted by atomic mass is 16.4. The maximum absolute atomic E-state index is 11.5. The van der Waals surface area contributed by atoms with Crippen molar-refractivity contribution in [2.24, 2.45) is 11.8 Å². The lowest BCUT2D eigenvalue weighted by Gasteiger charge is -2.02. The van der Waals surface area contributed by atoms with Crippen molar-refractivity contribution in [2.45, 2.75) is 6.42 Å². The van der Waals surface area contributed by atoms with Gasteiger partial charge >= 0.3 is 5.97 Å². The van der Waals surface area contributed by atoms with Gasteiger partial charge in [-0.2, -0.15) is 0 Å². The Morgan fingerprint density at radius 1 is 1.20 bits per heavy atom. The third-order valence-corrected chi connectivity index (χ3v) is 2.49. The molecule has 1 amide bonds. The van der Waals surface area contributed by atoms with Gasteiger partial charge in [0.2, 0.25) is 5.91 Å². The van der Waals surface area contributed by atoms with E-state index in [1.165, 1.54) is 0 Å². The molecule has 1 aromatic rings. The molecular weight excluding hydrogens is 194 g/mol. The van der Waals surface area contributed by atoms with Crippen LogP contribution in [0.25, 0.3) is 0 Å². The Kier molecular flexibility index (Phi) is 2.41. The second-order valence-electron chi connectivity index (χ2n) is 3.64. The normalized spacial score (nSPS) is 23.2. The lowest BCUT2D eigenvalue weighted by Crippen LogP contribution is -2.16. The molecule has 2 N–H and O–H groups in total. The minimum Gasteiger partial charge on any atom is -0.481 e. The molecule has 4 nitrogen and oxygen atoms in total. The number of hydrogen-bond donors (Lipinski definition) is 2. The van der Waals surface area contributed by atoms with E-state index >= 15 is 0 Å². The van der Waals surface area contributed by atoms with E-state index in [1.807, 2.05) is 18.2 Å². The second kappa shape index (κ2) is 3.73. The number of carboxylic acid groups (broad SMARTS) is 1. The lowest BCUT2D eigenvalue weighted by molar-refractivity contribution is -0.139. The predicted octanol–water partition coefficient (Wildman–Crippen LogP) is 1.35. The van der Waals surface area contributed by atoms with Gasteiger partial charge in [0.1, 0.15) is 0 Å². The van der Waals surface area contributed by atoms with Crippen LogP contribution in [-0.4, -0.2) is 17.0 Å². The number of aliphatic carboxylic acids is 1. The molecule has 1 aliphatic carbocycles. The van der Waals surface area contributed by atoms with E-state index in [-0.39, 0.29) is 11.8 Å². The lowest BCUT2D eigenvalue weighted by atomic mass is 10.2. The first kappa shape index (κ1) is 9.71. The Balaban J connectivity index is 1.92. The van der Waals surface area contributed by atoms with Crippen molar-refractivity contribution < 1.29 is 14.7 Å². The summed E-state index contributed by atoms with van der Waals surface area (Å²) >= 11 is 0. The Hall–Kier alpha value is -1.84. The van der Waals surface area contributed by atoms with Gasteiger partial charge in [0.25, 0.3) is 0 Å². The maximum Gasteiger partial charge on any atom is 0.307 e. The molecule has 2 atom stereocenters. The topological polar surface area (TPSA) is 66.4 Å². The standard InChI is InChI=1S/C11H11NO3/c13-10(8-6-9(8)11(14)15)12-7-4-2-1-3-5-7/h1-5,8-9H,6H2,(H,12,13)(H,14,15)/t8-,9+/m0/s1. The largest absolute Gasteiger partial charge is 0.481 e. The van der Waals surface area contributed by atoms with Crippen LogP contribution >= 0.6 is 0 Å². The fourth-order valence-electron chi connectivity index (χ4n) is 1.51. The first-order valence-corrected chi connectivity index (χ1v) is 4.77. The fraction of sp³-hybridized carbons (Fsp3) is 0.273. The number of amides is 1. The first-order chi connectivity index (χ1) is 7.18. The summed E-state index contributed by atoms with van der Waals surface area (Å²) in [6.07, 6.45) is 0.452.